The Morgan fingerprint density at radius 2 is 2.13 bits per heavy atom. The highest BCUT2D eigenvalue weighted by atomic mass is 16.6. The van der Waals surface area contributed by atoms with Crippen LogP contribution in [0.3, 0.4) is 0 Å². The lowest BCUT2D eigenvalue weighted by molar-refractivity contribution is -0.384. The average molecular weight is 410 g/mol. The predicted molar refractivity (Wildman–Crippen MR) is 116 cm³/mol. The number of rotatable bonds is 9. The van der Waals surface area contributed by atoms with Crippen molar-refractivity contribution < 1.29 is 14.5 Å². The highest BCUT2D eigenvalue weighted by Crippen LogP contribution is 2.24. The number of hydrazone groups is 1. The molecule has 0 radical (unpaired) electrons. The van der Waals surface area contributed by atoms with E-state index in [-0.39, 0.29) is 11.4 Å². The van der Waals surface area contributed by atoms with Gasteiger partial charge in [-0.3, -0.25) is 29.9 Å². The van der Waals surface area contributed by atoms with E-state index in [1.807, 2.05) is 0 Å². The van der Waals surface area contributed by atoms with E-state index in [0.717, 1.165) is 0 Å². The summed E-state index contributed by atoms with van der Waals surface area (Å²) in [7, 11) is 3.07. The summed E-state index contributed by atoms with van der Waals surface area (Å²) in [5, 5.41) is 19.2. The molecule has 156 valence electrons. The van der Waals surface area contributed by atoms with Crippen molar-refractivity contribution in [3.05, 3.63) is 68.9 Å². The molecule has 10 nitrogen and oxygen atoms in total. The van der Waals surface area contributed by atoms with Gasteiger partial charge in [-0.25, -0.2) is 0 Å². The number of ether oxygens (including phenoxy) is 1. The molecule has 0 fully saturated rings. The first-order chi connectivity index (χ1) is 14.4. The topological polar surface area (TPSA) is 122 Å². The van der Waals surface area contributed by atoms with E-state index in [4.69, 9.17) is 4.74 Å². The van der Waals surface area contributed by atoms with Gasteiger partial charge in [0.2, 0.25) is 0 Å². The molecule has 1 aliphatic carbocycles. The normalized spacial score (nSPS) is 14.2. The monoisotopic (exact) mass is 410 g/mol. The molecule has 1 aliphatic rings. The molecule has 1 aromatic rings. The second kappa shape index (κ2) is 10.5. The number of benzene rings is 1. The van der Waals surface area contributed by atoms with Crippen molar-refractivity contribution in [3.8, 4) is 0 Å². The first-order valence-corrected chi connectivity index (χ1v) is 8.83. The van der Waals surface area contributed by atoms with E-state index in [1.54, 1.807) is 19.2 Å². The molecule has 0 unspecified atom stereocenters. The number of allylic oxidation sites excluding steroid dienone is 3. The van der Waals surface area contributed by atoms with Crippen LogP contribution in [0, 0.1) is 10.1 Å². The van der Waals surface area contributed by atoms with E-state index in [1.165, 1.54) is 42.7 Å². The fraction of sp³-hybridized carbons (Fsp3) is 0.200. The number of methoxy groups -OCH3 is 1. The maximum absolute atomic E-state index is 13.0. The summed E-state index contributed by atoms with van der Waals surface area (Å²) in [6.45, 7) is 6.83. The van der Waals surface area contributed by atoms with Crippen molar-refractivity contribution in [1.82, 2.24) is 10.3 Å². The van der Waals surface area contributed by atoms with Gasteiger partial charge in [0.1, 0.15) is 17.8 Å². The Hall–Kier alpha value is -4.08. The quantitative estimate of drug-likeness (QED) is 0.221. The van der Waals surface area contributed by atoms with Gasteiger partial charge in [-0.05, 0) is 37.9 Å². The van der Waals surface area contributed by atoms with Crippen LogP contribution in [0.5, 0.6) is 0 Å². The van der Waals surface area contributed by atoms with E-state index in [0.29, 0.717) is 35.6 Å². The molecule has 30 heavy (non-hydrogen) atoms. The average Bonchev–Trinajstić information content (AvgIpc) is 2.75. The van der Waals surface area contributed by atoms with E-state index in [2.05, 4.69) is 33.8 Å². The van der Waals surface area contributed by atoms with Crippen LogP contribution < -0.4 is 5.32 Å². The van der Waals surface area contributed by atoms with Crippen molar-refractivity contribution in [3.63, 3.8) is 0 Å². The molecule has 1 aromatic carbocycles. The number of nitrogens with one attached hydrogen (secondary N) is 1. The van der Waals surface area contributed by atoms with Crippen molar-refractivity contribution in [2.45, 2.75) is 12.8 Å². The third-order valence-corrected chi connectivity index (χ3v) is 4.18. The first kappa shape index (κ1) is 22.2. The zero-order valence-electron chi connectivity index (χ0n) is 16.7. The second-order valence-corrected chi connectivity index (χ2v) is 6.12. The fourth-order valence-corrected chi connectivity index (χ4v) is 2.70. The van der Waals surface area contributed by atoms with E-state index in [9.17, 15) is 14.9 Å². The van der Waals surface area contributed by atoms with Gasteiger partial charge in [-0.1, -0.05) is 12.1 Å². The fourth-order valence-electron chi connectivity index (χ4n) is 2.70. The molecule has 1 amide bonds. The Labute approximate surface area is 173 Å². The number of aliphatic imine (C=N–C) groups is 2. The molecule has 10 heteroatoms. The zero-order chi connectivity index (χ0) is 22.1. The minimum absolute atomic E-state index is 0.0864. The third kappa shape index (κ3) is 5.71. The minimum atomic E-state index is -0.503. The number of non-ortho nitro benzene ring substituents is 1. The van der Waals surface area contributed by atoms with Crippen LogP contribution in [-0.4, -0.2) is 49.8 Å². The first-order valence-electron chi connectivity index (χ1n) is 8.83. The number of carbonyl (C=O) groups is 1. The number of nitro groups is 1. The van der Waals surface area contributed by atoms with Gasteiger partial charge in [0.25, 0.3) is 11.6 Å². The Bertz CT molecular complexity index is 977. The smallest absolute Gasteiger partial charge is 0.273 e. The van der Waals surface area contributed by atoms with Crippen LogP contribution in [-0.2, 0) is 9.53 Å². The molecule has 0 heterocycles. The zero-order valence-corrected chi connectivity index (χ0v) is 16.7. The van der Waals surface area contributed by atoms with Crippen molar-refractivity contribution in [1.29, 1.82) is 0 Å². The number of hydrogen-bond donors (Lipinski definition) is 1. The number of amides is 1. The van der Waals surface area contributed by atoms with Crippen LogP contribution in [0.4, 0.5) is 5.69 Å². The minimum Gasteiger partial charge on any atom is -0.495 e. The summed E-state index contributed by atoms with van der Waals surface area (Å²) in [4.78, 5) is 31.0. The highest BCUT2D eigenvalue weighted by Gasteiger charge is 2.19. The standard InChI is InChI=1S/C20H22N6O4/c1-21-13-23-25(3)18(11-14-6-5-7-16(10-14)26(28)29)20(27)24-15-8-9-17(22-2)19(12-15)30-4/h5-7,10-13H,1-2,8-9H2,3-4H3,(H,24,27)/b18-11-,23-13-. The summed E-state index contributed by atoms with van der Waals surface area (Å²) in [6, 6.07) is 5.93. The molecule has 1 N–H and O–H groups in total. The molecule has 0 bridgehead atoms. The Kier molecular flexibility index (Phi) is 7.74. The summed E-state index contributed by atoms with van der Waals surface area (Å²) in [5.41, 5.74) is 1.87. The third-order valence-electron chi connectivity index (χ3n) is 4.18. The molecule has 0 spiro atoms. The van der Waals surface area contributed by atoms with Crippen LogP contribution in [0.1, 0.15) is 18.4 Å². The largest absolute Gasteiger partial charge is 0.495 e. The summed E-state index contributed by atoms with van der Waals surface area (Å²) in [5.74, 6) is 0.0694. The molecule has 0 aliphatic heterocycles. The molecule has 2 rings (SSSR count). The van der Waals surface area contributed by atoms with Gasteiger partial charge >= 0.3 is 0 Å². The Balaban J connectivity index is 2.38. The molecular weight excluding hydrogens is 388 g/mol. The van der Waals surface area contributed by atoms with Gasteiger partial charge in [0.15, 0.2) is 0 Å². The lowest BCUT2D eigenvalue weighted by Gasteiger charge is -2.20. The van der Waals surface area contributed by atoms with Gasteiger partial charge in [-0.2, -0.15) is 5.10 Å². The Morgan fingerprint density at radius 1 is 1.37 bits per heavy atom. The van der Waals surface area contributed by atoms with Crippen molar-refractivity contribution in [2.24, 2.45) is 15.1 Å². The highest BCUT2D eigenvalue weighted by molar-refractivity contribution is 5.98. The second-order valence-electron chi connectivity index (χ2n) is 6.12. The van der Waals surface area contributed by atoms with Gasteiger partial charge < -0.3 is 10.1 Å². The van der Waals surface area contributed by atoms with Crippen LogP contribution in [0.15, 0.2) is 68.3 Å². The molecule has 0 saturated heterocycles. The number of likely N-dealkylation sites (N-methyl/N-ethyl adjacent to an activating group) is 1. The van der Waals surface area contributed by atoms with Crippen molar-refractivity contribution in [2.75, 3.05) is 14.2 Å². The van der Waals surface area contributed by atoms with Crippen LogP contribution >= 0.6 is 0 Å². The molecule has 0 atom stereocenters. The summed E-state index contributed by atoms with van der Waals surface area (Å²) < 4.78 is 5.29. The number of nitrogens with zero attached hydrogens (tertiary/aromatic N) is 5. The maximum atomic E-state index is 13.0. The lowest BCUT2D eigenvalue weighted by atomic mass is 10.1. The number of hydrogen-bond acceptors (Lipinski definition) is 7. The molecular formula is C20H22N6O4. The van der Waals surface area contributed by atoms with Gasteiger partial charge in [0.05, 0.1) is 17.7 Å². The Morgan fingerprint density at radius 3 is 2.77 bits per heavy atom. The number of carbonyl (C=O) groups excluding carboxylic acids is 1. The summed E-state index contributed by atoms with van der Waals surface area (Å²) >= 11 is 0. The van der Waals surface area contributed by atoms with Gasteiger partial charge in [0, 0.05) is 31.0 Å². The lowest BCUT2D eigenvalue weighted by Crippen LogP contribution is -2.31. The summed E-state index contributed by atoms with van der Waals surface area (Å²) in [6.07, 6.45) is 5.47. The molecule has 0 saturated carbocycles. The molecule has 0 aromatic heterocycles. The van der Waals surface area contributed by atoms with Crippen LogP contribution in [0.25, 0.3) is 6.08 Å². The van der Waals surface area contributed by atoms with Gasteiger partial charge in [-0.15, -0.1) is 0 Å². The predicted octanol–water partition coefficient (Wildman–Crippen LogP) is 2.86. The van der Waals surface area contributed by atoms with E-state index < -0.39 is 10.8 Å². The van der Waals surface area contributed by atoms with Crippen molar-refractivity contribution >= 4 is 37.4 Å². The SMILES string of the molecule is C=N/C=N\N(C)/C(=C\c1cccc([N+](=O)[O-])c1)C(=O)NC1=CC(OC)=C(N=C)CC1. The van der Waals surface area contributed by atoms with E-state index >= 15 is 0 Å². The number of nitro benzene ring substituents is 1. The maximum Gasteiger partial charge on any atom is 0.273 e. The van der Waals surface area contributed by atoms with Crippen LogP contribution in [0.2, 0.25) is 0 Å².